The van der Waals surface area contributed by atoms with Gasteiger partial charge in [0.2, 0.25) is 5.91 Å². The zero-order valence-corrected chi connectivity index (χ0v) is 11.9. The lowest BCUT2D eigenvalue weighted by Gasteiger charge is -2.11. The fourth-order valence-corrected chi connectivity index (χ4v) is 2.65. The summed E-state index contributed by atoms with van der Waals surface area (Å²) in [5.74, 6) is 1.56. The van der Waals surface area contributed by atoms with Crippen molar-refractivity contribution in [1.29, 1.82) is 0 Å². The van der Waals surface area contributed by atoms with E-state index in [4.69, 9.17) is 9.47 Å². The molecule has 2 rings (SSSR count). The zero-order valence-electron chi connectivity index (χ0n) is 11.0. The third-order valence-corrected chi connectivity index (χ3v) is 3.67. The molecule has 1 saturated heterocycles. The average Bonchev–Trinajstić information content (AvgIpc) is 2.99. The standard InChI is InChI=1S/C13H16N2O4S/c1-18-10-4-2-3-5-11(10)19-12(16)6-14-13(17)9-7-20-8-15-9/h2-5,9,15H,6-8H2,1H3,(H,14,17). The van der Waals surface area contributed by atoms with Crippen LogP contribution >= 0.6 is 11.8 Å². The minimum absolute atomic E-state index is 0.167. The molecule has 0 aromatic heterocycles. The summed E-state index contributed by atoms with van der Waals surface area (Å²) in [7, 11) is 1.50. The fraction of sp³-hybridized carbons (Fsp3) is 0.385. The van der Waals surface area contributed by atoms with E-state index in [1.165, 1.54) is 7.11 Å². The number of esters is 1. The second-order valence-electron chi connectivity index (χ2n) is 4.11. The van der Waals surface area contributed by atoms with Gasteiger partial charge in [0.1, 0.15) is 6.54 Å². The van der Waals surface area contributed by atoms with Crippen molar-refractivity contribution in [3.8, 4) is 11.5 Å². The molecule has 6 nitrogen and oxygen atoms in total. The van der Waals surface area contributed by atoms with E-state index in [0.717, 1.165) is 5.88 Å². The van der Waals surface area contributed by atoms with Crippen molar-refractivity contribution in [2.45, 2.75) is 6.04 Å². The highest BCUT2D eigenvalue weighted by Crippen LogP contribution is 2.25. The molecule has 0 bridgehead atoms. The van der Waals surface area contributed by atoms with Gasteiger partial charge in [-0.3, -0.25) is 10.1 Å². The topological polar surface area (TPSA) is 76.7 Å². The van der Waals surface area contributed by atoms with Crippen LogP contribution in [0.25, 0.3) is 0 Å². The number of thioether (sulfide) groups is 1. The molecule has 1 aromatic rings. The summed E-state index contributed by atoms with van der Waals surface area (Å²) >= 11 is 1.65. The van der Waals surface area contributed by atoms with Gasteiger partial charge in [0, 0.05) is 11.6 Å². The number of rotatable bonds is 5. The normalized spacial score (nSPS) is 17.6. The van der Waals surface area contributed by atoms with Crippen LogP contribution < -0.4 is 20.1 Å². The van der Waals surface area contributed by atoms with E-state index >= 15 is 0 Å². The first kappa shape index (κ1) is 14.7. The van der Waals surface area contributed by atoms with Crippen LogP contribution in [0.1, 0.15) is 0 Å². The number of benzene rings is 1. The Morgan fingerprint density at radius 1 is 1.40 bits per heavy atom. The van der Waals surface area contributed by atoms with Crippen LogP contribution in [0.3, 0.4) is 0 Å². The predicted molar refractivity (Wildman–Crippen MR) is 75.9 cm³/mol. The van der Waals surface area contributed by atoms with Crippen molar-refractivity contribution in [3.63, 3.8) is 0 Å². The number of hydrogen-bond acceptors (Lipinski definition) is 6. The molecule has 0 spiro atoms. The maximum atomic E-state index is 11.7. The van der Waals surface area contributed by atoms with E-state index in [-0.39, 0.29) is 18.5 Å². The molecule has 0 radical (unpaired) electrons. The number of para-hydroxylation sites is 2. The maximum absolute atomic E-state index is 11.7. The van der Waals surface area contributed by atoms with Gasteiger partial charge in [0.05, 0.1) is 13.2 Å². The largest absolute Gasteiger partial charge is 0.493 e. The number of nitrogens with one attached hydrogen (secondary N) is 2. The fourth-order valence-electron chi connectivity index (χ4n) is 1.71. The van der Waals surface area contributed by atoms with Gasteiger partial charge in [-0.25, -0.2) is 4.79 Å². The smallest absolute Gasteiger partial charge is 0.330 e. The number of ether oxygens (including phenoxy) is 2. The van der Waals surface area contributed by atoms with Crippen LogP contribution in [0.15, 0.2) is 24.3 Å². The van der Waals surface area contributed by atoms with Gasteiger partial charge < -0.3 is 14.8 Å². The number of methoxy groups -OCH3 is 1. The minimum Gasteiger partial charge on any atom is -0.493 e. The monoisotopic (exact) mass is 296 g/mol. The summed E-state index contributed by atoms with van der Waals surface area (Å²) in [6, 6.07) is 6.61. The molecule has 0 aliphatic carbocycles. The third-order valence-electron chi connectivity index (χ3n) is 2.73. The van der Waals surface area contributed by atoms with Crippen LogP contribution in [0.4, 0.5) is 0 Å². The van der Waals surface area contributed by atoms with Crippen molar-refractivity contribution in [3.05, 3.63) is 24.3 Å². The van der Waals surface area contributed by atoms with Crippen molar-refractivity contribution in [2.75, 3.05) is 25.3 Å². The van der Waals surface area contributed by atoms with E-state index in [1.807, 2.05) is 0 Å². The second kappa shape index (κ2) is 7.16. The molecule has 0 saturated carbocycles. The van der Waals surface area contributed by atoms with Gasteiger partial charge in [-0.15, -0.1) is 11.8 Å². The molecule has 108 valence electrons. The summed E-state index contributed by atoms with van der Waals surface area (Å²) in [5.41, 5.74) is 0. The second-order valence-corrected chi connectivity index (χ2v) is 5.14. The van der Waals surface area contributed by atoms with Gasteiger partial charge in [0.25, 0.3) is 0 Å². The van der Waals surface area contributed by atoms with Gasteiger partial charge in [-0.05, 0) is 12.1 Å². The highest BCUT2D eigenvalue weighted by atomic mass is 32.2. The summed E-state index contributed by atoms with van der Waals surface area (Å²) in [4.78, 5) is 23.4. The molecule has 20 heavy (non-hydrogen) atoms. The van der Waals surface area contributed by atoms with Crippen LogP contribution in [-0.2, 0) is 9.59 Å². The molecule has 1 fully saturated rings. The highest BCUT2D eigenvalue weighted by Gasteiger charge is 2.22. The van der Waals surface area contributed by atoms with E-state index < -0.39 is 5.97 Å². The molecular formula is C13H16N2O4S. The number of amides is 1. The van der Waals surface area contributed by atoms with Crippen LogP contribution in [-0.4, -0.2) is 43.2 Å². The molecule has 1 atom stereocenters. The zero-order chi connectivity index (χ0) is 14.4. The van der Waals surface area contributed by atoms with Crippen LogP contribution in [0.5, 0.6) is 11.5 Å². The Bertz CT molecular complexity index is 489. The Hall–Kier alpha value is -1.73. The van der Waals surface area contributed by atoms with Crippen LogP contribution in [0.2, 0.25) is 0 Å². The van der Waals surface area contributed by atoms with E-state index in [9.17, 15) is 9.59 Å². The average molecular weight is 296 g/mol. The molecule has 1 aliphatic heterocycles. The Morgan fingerprint density at radius 3 is 2.80 bits per heavy atom. The van der Waals surface area contributed by atoms with E-state index in [2.05, 4.69) is 10.6 Å². The van der Waals surface area contributed by atoms with Crippen molar-refractivity contribution >= 4 is 23.6 Å². The summed E-state index contributed by atoms with van der Waals surface area (Å²) in [6.45, 7) is -0.167. The summed E-state index contributed by atoms with van der Waals surface area (Å²) < 4.78 is 10.2. The van der Waals surface area contributed by atoms with Crippen LogP contribution in [0, 0.1) is 0 Å². The lowest BCUT2D eigenvalue weighted by molar-refractivity contribution is -0.135. The lowest BCUT2D eigenvalue weighted by atomic mass is 10.3. The van der Waals surface area contributed by atoms with Crippen molar-refractivity contribution in [1.82, 2.24) is 10.6 Å². The Balaban J connectivity index is 1.81. The molecule has 1 heterocycles. The first-order valence-electron chi connectivity index (χ1n) is 6.13. The number of carbonyl (C=O) groups is 2. The maximum Gasteiger partial charge on any atom is 0.330 e. The Kier molecular flexibility index (Phi) is 5.25. The minimum atomic E-state index is -0.534. The molecule has 7 heteroatoms. The first-order chi connectivity index (χ1) is 9.70. The van der Waals surface area contributed by atoms with Gasteiger partial charge in [-0.1, -0.05) is 12.1 Å². The van der Waals surface area contributed by atoms with Gasteiger partial charge >= 0.3 is 5.97 Å². The predicted octanol–water partition coefficient (Wildman–Crippen LogP) is 0.379. The number of hydrogen-bond donors (Lipinski definition) is 2. The van der Waals surface area contributed by atoms with E-state index in [0.29, 0.717) is 17.3 Å². The molecule has 1 unspecified atom stereocenters. The highest BCUT2D eigenvalue weighted by molar-refractivity contribution is 7.99. The van der Waals surface area contributed by atoms with Gasteiger partial charge in [0.15, 0.2) is 11.5 Å². The lowest BCUT2D eigenvalue weighted by Crippen LogP contribution is -2.44. The molecular weight excluding hydrogens is 280 g/mol. The summed E-state index contributed by atoms with van der Waals surface area (Å²) in [5, 5.41) is 5.58. The van der Waals surface area contributed by atoms with Crippen molar-refractivity contribution < 1.29 is 19.1 Å². The first-order valence-corrected chi connectivity index (χ1v) is 7.28. The van der Waals surface area contributed by atoms with E-state index in [1.54, 1.807) is 36.0 Å². The van der Waals surface area contributed by atoms with Gasteiger partial charge in [-0.2, -0.15) is 0 Å². The number of carbonyl (C=O) groups excluding carboxylic acids is 2. The molecule has 1 aliphatic rings. The summed E-state index contributed by atoms with van der Waals surface area (Å²) in [6.07, 6.45) is 0. The van der Waals surface area contributed by atoms with Crippen molar-refractivity contribution in [2.24, 2.45) is 0 Å². The Morgan fingerprint density at radius 2 is 2.15 bits per heavy atom. The SMILES string of the molecule is COc1ccccc1OC(=O)CNC(=O)C1CSCN1. The quantitative estimate of drug-likeness (QED) is 0.604. The molecule has 1 amide bonds. The molecule has 1 aromatic carbocycles. The Labute approximate surface area is 121 Å². The molecule has 2 N–H and O–H groups in total. The third kappa shape index (κ3) is 3.88.